The van der Waals surface area contributed by atoms with Crippen LogP contribution in [0, 0.1) is 5.82 Å². The summed E-state index contributed by atoms with van der Waals surface area (Å²) in [6, 6.07) is 4.57. The highest BCUT2D eigenvalue weighted by Crippen LogP contribution is 2.07. The molecule has 0 aliphatic carbocycles. The molecule has 80 valence electrons. The van der Waals surface area contributed by atoms with Crippen molar-refractivity contribution in [3.05, 3.63) is 30.1 Å². The van der Waals surface area contributed by atoms with E-state index in [1.165, 1.54) is 24.3 Å². The van der Waals surface area contributed by atoms with Gasteiger partial charge < -0.3 is 11.1 Å². The van der Waals surface area contributed by atoms with Gasteiger partial charge in [-0.25, -0.2) is 9.18 Å². The van der Waals surface area contributed by atoms with E-state index in [1.54, 1.807) is 0 Å². The van der Waals surface area contributed by atoms with Gasteiger partial charge >= 0.3 is 6.03 Å². The van der Waals surface area contributed by atoms with E-state index in [9.17, 15) is 14.0 Å². The molecule has 0 atom stereocenters. The van der Waals surface area contributed by atoms with Crippen molar-refractivity contribution >= 4 is 17.6 Å². The Kier molecular flexibility index (Phi) is 3.61. The highest BCUT2D eigenvalue weighted by molar-refractivity contribution is 5.95. The van der Waals surface area contributed by atoms with Crippen LogP contribution in [-0.2, 0) is 4.79 Å². The van der Waals surface area contributed by atoms with Gasteiger partial charge in [0, 0.05) is 5.69 Å². The third-order valence-electron chi connectivity index (χ3n) is 1.56. The van der Waals surface area contributed by atoms with Gasteiger partial charge in [0.05, 0.1) is 6.54 Å². The molecule has 0 radical (unpaired) electrons. The fourth-order valence-corrected chi connectivity index (χ4v) is 0.932. The Bertz CT molecular complexity index is 364. The molecule has 1 rings (SSSR count). The van der Waals surface area contributed by atoms with E-state index in [1.807, 2.05) is 5.32 Å². The van der Waals surface area contributed by atoms with Crippen molar-refractivity contribution in [3.8, 4) is 0 Å². The number of hydrogen-bond acceptors (Lipinski definition) is 3. The Morgan fingerprint density at radius 3 is 2.40 bits per heavy atom. The summed E-state index contributed by atoms with van der Waals surface area (Å²) in [6.07, 6.45) is 0. The summed E-state index contributed by atoms with van der Waals surface area (Å²) in [4.78, 5) is 21.2. The summed E-state index contributed by atoms with van der Waals surface area (Å²) >= 11 is 0. The Morgan fingerprint density at radius 2 is 1.87 bits per heavy atom. The van der Waals surface area contributed by atoms with E-state index in [-0.39, 0.29) is 12.4 Å². The second kappa shape index (κ2) is 4.94. The molecule has 0 aromatic heterocycles. The lowest BCUT2D eigenvalue weighted by Crippen LogP contribution is -2.38. The fraction of sp³-hybridized carbons (Fsp3) is 0.111. The molecule has 0 saturated heterocycles. The van der Waals surface area contributed by atoms with E-state index in [2.05, 4.69) is 5.32 Å². The van der Waals surface area contributed by atoms with Gasteiger partial charge in [-0.15, -0.1) is 0 Å². The predicted octanol–water partition coefficient (Wildman–Crippen LogP) is 0.432. The van der Waals surface area contributed by atoms with Crippen LogP contribution in [0.3, 0.4) is 0 Å². The van der Waals surface area contributed by atoms with E-state index in [0.717, 1.165) is 0 Å². The smallest absolute Gasteiger partial charge is 0.318 e. The minimum Gasteiger partial charge on any atom is -0.376 e. The minimum absolute atomic E-state index is 0.103. The molecule has 4 N–H and O–H groups in total. The summed E-state index contributed by atoms with van der Waals surface area (Å²) < 4.78 is 12.5. The van der Waals surface area contributed by atoms with Crippen LogP contribution in [0.1, 0.15) is 0 Å². The molecule has 6 heteroatoms. The zero-order valence-corrected chi connectivity index (χ0v) is 7.79. The molecule has 1 aromatic carbocycles. The van der Waals surface area contributed by atoms with Gasteiger partial charge in [-0.3, -0.25) is 10.1 Å². The SMILES string of the molecule is NC(=O)NC(=O)CNc1ccc(F)cc1. The van der Waals surface area contributed by atoms with E-state index < -0.39 is 11.9 Å². The largest absolute Gasteiger partial charge is 0.376 e. The number of halogens is 1. The first-order chi connectivity index (χ1) is 7.08. The van der Waals surface area contributed by atoms with Gasteiger partial charge in [0.15, 0.2) is 0 Å². The van der Waals surface area contributed by atoms with Crippen LogP contribution < -0.4 is 16.4 Å². The normalized spacial score (nSPS) is 9.40. The highest BCUT2D eigenvalue weighted by Gasteiger charge is 2.03. The zero-order valence-electron chi connectivity index (χ0n) is 7.79. The summed E-state index contributed by atoms with van der Waals surface area (Å²) in [5, 5.41) is 4.58. The average molecular weight is 211 g/mol. The molecular weight excluding hydrogens is 201 g/mol. The van der Waals surface area contributed by atoms with Crippen LogP contribution in [0.25, 0.3) is 0 Å². The third kappa shape index (κ3) is 4.08. The lowest BCUT2D eigenvalue weighted by Gasteiger charge is -2.04. The van der Waals surface area contributed by atoms with Crippen molar-refractivity contribution in [2.45, 2.75) is 0 Å². The van der Waals surface area contributed by atoms with Crippen LogP contribution in [0.4, 0.5) is 14.9 Å². The topological polar surface area (TPSA) is 84.2 Å². The number of amides is 3. The summed E-state index contributed by atoms with van der Waals surface area (Å²) in [5.74, 6) is -0.908. The van der Waals surface area contributed by atoms with Gasteiger partial charge in [-0.2, -0.15) is 0 Å². The molecule has 5 nitrogen and oxygen atoms in total. The first-order valence-corrected chi connectivity index (χ1v) is 4.16. The lowest BCUT2D eigenvalue weighted by atomic mass is 10.3. The molecule has 15 heavy (non-hydrogen) atoms. The van der Waals surface area contributed by atoms with Crippen LogP contribution >= 0.6 is 0 Å². The molecule has 0 fully saturated rings. The monoisotopic (exact) mass is 211 g/mol. The third-order valence-corrected chi connectivity index (χ3v) is 1.56. The number of carbonyl (C=O) groups excluding carboxylic acids is 2. The molecule has 3 amide bonds. The van der Waals surface area contributed by atoms with Crippen molar-refractivity contribution in [1.82, 2.24) is 5.32 Å². The number of primary amides is 1. The van der Waals surface area contributed by atoms with E-state index in [4.69, 9.17) is 5.73 Å². The number of nitrogens with two attached hydrogens (primary N) is 1. The number of hydrogen-bond donors (Lipinski definition) is 3. The van der Waals surface area contributed by atoms with Crippen molar-refractivity contribution in [2.75, 3.05) is 11.9 Å². The maximum absolute atomic E-state index is 12.5. The molecule has 1 aromatic rings. The number of rotatable bonds is 3. The van der Waals surface area contributed by atoms with E-state index >= 15 is 0 Å². The second-order valence-electron chi connectivity index (χ2n) is 2.77. The predicted molar refractivity (Wildman–Crippen MR) is 52.6 cm³/mol. The maximum atomic E-state index is 12.5. The standard InChI is InChI=1S/C9H10FN3O2/c10-6-1-3-7(4-2-6)12-5-8(14)13-9(11)15/h1-4,12H,5H2,(H3,11,13,14,15). The van der Waals surface area contributed by atoms with Crippen molar-refractivity contribution < 1.29 is 14.0 Å². The summed E-state index contributed by atoms with van der Waals surface area (Å²) in [7, 11) is 0. The Morgan fingerprint density at radius 1 is 1.27 bits per heavy atom. The average Bonchev–Trinajstić information content (AvgIpc) is 2.16. The number of carbonyl (C=O) groups is 2. The number of urea groups is 1. The quantitative estimate of drug-likeness (QED) is 0.678. The zero-order chi connectivity index (χ0) is 11.3. The fourth-order valence-electron chi connectivity index (χ4n) is 0.932. The molecule has 0 bridgehead atoms. The Labute approximate surface area is 85.5 Å². The molecule has 0 heterocycles. The lowest BCUT2D eigenvalue weighted by molar-refractivity contribution is -0.118. The maximum Gasteiger partial charge on any atom is 0.318 e. The van der Waals surface area contributed by atoms with Crippen molar-refractivity contribution in [1.29, 1.82) is 0 Å². The summed E-state index contributed by atoms with van der Waals surface area (Å²) in [5.41, 5.74) is 5.31. The van der Waals surface area contributed by atoms with Gasteiger partial charge in [0.1, 0.15) is 5.82 Å². The minimum atomic E-state index is -0.902. The van der Waals surface area contributed by atoms with Gasteiger partial charge in [0.2, 0.25) is 5.91 Å². The second-order valence-corrected chi connectivity index (χ2v) is 2.77. The number of anilines is 1. The Balaban J connectivity index is 2.40. The number of nitrogens with one attached hydrogen (secondary N) is 2. The van der Waals surface area contributed by atoms with Crippen LogP contribution in [-0.4, -0.2) is 18.5 Å². The molecular formula is C9H10FN3O2. The van der Waals surface area contributed by atoms with Crippen molar-refractivity contribution in [2.24, 2.45) is 5.73 Å². The van der Waals surface area contributed by atoms with E-state index in [0.29, 0.717) is 5.69 Å². The first-order valence-electron chi connectivity index (χ1n) is 4.16. The Hall–Kier alpha value is -2.11. The number of benzene rings is 1. The molecule has 0 aliphatic heterocycles. The van der Waals surface area contributed by atoms with Crippen LogP contribution in [0.15, 0.2) is 24.3 Å². The first kappa shape index (κ1) is 11.0. The van der Waals surface area contributed by atoms with Gasteiger partial charge in [-0.1, -0.05) is 0 Å². The number of imide groups is 1. The molecule has 0 spiro atoms. The summed E-state index contributed by atoms with van der Waals surface area (Å²) in [6.45, 7) is -0.103. The van der Waals surface area contributed by atoms with Crippen molar-refractivity contribution in [3.63, 3.8) is 0 Å². The molecule has 0 unspecified atom stereocenters. The molecule has 0 saturated carbocycles. The molecule has 0 aliphatic rings. The van der Waals surface area contributed by atoms with Gasteiger partial charge in [-0.05, 0) is 24.3 Å². The van der Waals surface area contributed by atoms with Crippen LogP contribution in [0.2, 0.25) is 0 Å². The highest BCUT2D eigenvalue weighted by atomic mass is 19.1. The van der Waals surface area contributed by atoms with Gasteiger partial charge in [0.25, 0.3) is 0 Å². The van der Waals surface area contributed by atoms with Crippen LogP contribution in [0.5, 0.6) is 0 Å².